The van der Waals surface area contributed by atoms with Crippen molar-refractivity contribution < 1.29 is 14.4 Å². The monoisotopic (exact) mass is 169 g/mol. The van der Waals surface area contributed by atoms with Crippen molar-refractivity contribution >= 4 is 5.91 Å². The predicted octanol–water partition coefficient (Wildman–Crippen LogP) is 1.11. The van der Waals surface area contributed by atoms with Crippen molar-refractivity contribution in [3.05, 3.63) is 24.2 Å². The Balaban J connectivity index is 2.15. The Morgan fingerprint density at radius 1 is 1.67 bits per heavy atom. The third-order valence-electron chi connectivity index (χ3n) is 1.53. The third kappa shape index (κ3) is 2.75. The first-order valence-corrected chi connectivity index (χ1v) is 3.78. The minimum Gasteiger partial charge on any atom is -0.469 e. The molecule has 4 nitrogen and oxygen atoms in total. The van der Waals surface area contributed by atoms with Gasteiger partial charge in [-0.2, -0.15) is 0 Å². The second kappa shape index (κ2) is 4.56. The number of rotatable bonds is 4. The highest BCUT2D eigenvalue weighted by atomic mass is 16.5. The fraction of sp³-hybridized carbons (Fsp3) is 0.375. The molecule has 4 heteroatoms. The lowest BCUT2D eigenvalue weighted by Crippen LogP contribution is -2.17. The van der Waals surface area contributed by atoms with E-state index in [9.17, 15) is 4.79 Å². The van der Waals surface area contributed by atoms with Crippen LogP contribution in [0.1, 0.15) is 18.6 Å². The molecular formula is C8H11NO3. The van der Waals surface area contributed by atoms with Crippen LogP contribution in [0.4, 0.5) is 0 Å². The first-order chi connectivity index (χ1) is 5.83. The lowest BCUT2D eigenvalue weighted by molar-refractivity contribution is -0.129. The van der Waals surface area contributed by atoms with E-state index in [0.29, 0.717) is 12.8 Å². The first kappa shape index (κ1) is 8.80. The molecule has 0 atom stereocenters. The van der Waals surface area contributed by atoms with E-state index in [0.717, 1.165) is 12.2 Å². The van der Waals surface area contributed by atoms with E-state index in [1.165, 1.54) is 0 Å². The number of carbonyl (C=O) groups excluding carboxylic acids is 1. The van der Waals surface area contributed by atoms with Crippen LogP contribution in [0.3, 0.4) is 0 Å². The molecule has 0 fully saturated rings. The average Bonchev–Trinajstić information content (AvgIpc) is 2.57. The van der Waals surface area contributed by atoms with E-state index in [1.807, 2.05) is 6.07 Å². The summed E-state index contributed by atoms with van der Waals surface area (Å²) < 4.78 is 5.05. The molecule has 0 aliphatic carbocycles. The fourth-order valence-corrected chi connectivity index (χ4v) is 0.934. The summed E-state index contributed by atoms with van der Waals surface area (Å²) in [4.78, 5) is 10.5. The minimum absolute atomic E-state index is 0.317. The van der Waals surface area contributed by atoms with Gasteiger partial charge in [0.15, 0.2) is 0 Å². The SMILES string of the molecule is O=C(CCCc1ccco1)NO. The van der Waals surface area contributed by atoms with Crippen LogP contribution in [0, 0.1) is 0 Å². The molecule has 12 heavy (non-hydrogen) atoms. The number of hydrogen-bond donors (Lipinski definition) is 2. The number of nitrogens with one attached hydrogen (secondary N) is 1. The summed E-state index contributed by atoms with van der Waals surface area (Å²) in [5, 5.41) is 8.17. The maximum absolute atomic E-state index is 10.5. The van der Waals surface area contributed by atoms with Crippen molar-refractivity contribution in [3.8, 4) is 0 Å². The van der Waals surface area contributed by atoms with Crippen molar-refractivity contribution in [1.82, 2.24) is 5.48 Å². The second-order valence-corrected chi connectivity index (χ2v) is 2.47. The van der Waals surface area contributed by atoms with Crippen LogP contribution in [-0.4, -0.2) is 11.1 Å². The van der Waals surface area contributed by atoms with E-state index in [2.05, 4.69) is 0 Å². The zero-order valence-corrected chi connectivity index (χ0v) is 6.62. The Bertz CT molecular complexity index is 230. The standard InChI is InChI=1S/C8H11NO3/c10-8(9-11)5-1-3-7-4-2-6-12-7/h2,4,6,11H,1,3,5H2,(H,9,10). The molecule has 66 valence electrons. The normalized spacial score (nSPS) is 9.75. The topological polar surface area (TPSA) is 62.5 Å². The van der Waals surface area contributed by atoms with Crippen LogP contribution in [-0.2, 0) is 11.2 Å². The molecule has 1 aromatic heterocycles. The van der Waals surface area contributed by atoms with E-state index < -0.39 is 0 Å². The van der Waals surface area contributed by atoms with Gasteiger partial charge in [-0.25, -0.2) is 5.48 Å². The number of aryl methyl sites for hydroxylation is 1. The number of furan rings is 1. The zero-order valence-electron chi connectivity index (χ0n) is 6.62. The van der Waals surface area contributed by atoms with Gasteiger partial charge in [-0.1, -0.05) is 0 Å². The highest BCUT2D eigenvalue weighted by molar-refractivity contribution is 5.74. The van der Waals surface area contributed by atoms with Gasteiger partial charge in [0.05, 0.1) is 6.26 Å². The van der Waals surface area contributed by atoms with E-state index in [1.54, 1.807) is 17.8 Å². The van der Waals surface area contributed by atoms with Crippen LogP contribution in [0.25, 0.3) is 0 Å². The summed E-state index contributed by atoms with van der Waals surface area (Å²) in [6, 6.07) is 3.66. The molecule has 0 bridgehead atoms. The Hall–Kier alpha value is -1.29. The molecule has 0 aliphatic rings. The molecule has 1 rings (SSSR count). The Kier molecular flexibility index (Phi) is 3.35. The summed E-state index contributed by atoms with van der Waals surface area (Å²) in [6.07, 6.45) is 3.32. The third-order valence-corrected chi connectivity index (χ3v) is 1.53. The first-order valence-electron chi connectivity index (χ1n) is 3.78. The molecule has 0 aromatic carbocycles. The fourth-order valence-electron chi connectivity index (χ4n) is 0.934. The molecule has 1 amide bonds. The van der Waals surface area contributed by atoms with Gasteiger partial charge >= 0.3 is 0 Å². The molecule has 1 heterocycles. The van der Waals surface area contributed by atoms with E-state index in [-0.39, 0.29) is 5.91 Å². The maximum atomic E-state index is 10.5. The smallest absolute Gasteiger partial charge is 0.243 e. The van der Waals surface area contributed by atoms with Crippen LogP contribution >= 0.6 is 0 Å². The van der Waals surface area contributed by atoms with Crippen LogP contribution < -0.4 is 5.48 Å². The van der Waals surface area contributed by atoms with Crippen LogP contribution in [0.5, 0.6) is 0 Å². The van der Waals surface area contributed by atoms with Gasteiger partial charge in [0.2, 0.25) is 5.91 Å². The Morgan fingerprint density at radius 3 is 3.08 bits per heavy atom. The van der Waals surface area contributed by atoms with Crippen molar-refractivity contribution in [1.29, 1.82) is 0 Å². The Morgan fingerprint density at radius 2 is 2.50 bits per heavy atom. The van der Waals surface area contributed by atoms with Gasteiger partial charge in [0.1, 0.15) is 5.76 Å². The van der Waals surface area contributed by atoms with Crippen molar-refractivity contribution in [3.63, 3.8) is 0 Å². The van der Waals surface area contributed by atoms with E-state index >= 15 is 0 Å². The molecule has 1 aromatic rings. The van der Waals surface area contributed by atoms with Crippen LogP contribution in [0.2, 0.25) is 0 Å². The lowest BCUT2D eigenvalue weighted by Gasteiger charge is -1.96. The van der Waals surface area contributed by atoms with Crippen molar-refractivity contribution in [2.45, 2.75) is 19.3 Å². The van der Waals surface area contributed by atoms with Gasteiger partial charge in [0, 0.05) is 12.8 Å². The highest BCUT2D eigenvalue weighted by Crippen LogP contribution is 2.04. The summed E-state index contributed by atoms with van der Waals surface area (Å²) in [6.45, 7) is 0. The van der Waals surface area contributed by atoms with Gasteiger partial charge in [-0.15, -0.1) is 0 Å². The minimum atomic E-state index is -0.360. The summed E-state index contributed by atoms with van der Waals surface area (Å²) in [5.74, 6) is 0.502. The highest BCUT2D eigenvalue weighted by Gasteiger charge is 2.00. The maximum Gasteiger partial charge on any atom is 0.243 e. The number of hydrogen-bond acceptors (Lipinski definition) is 3. The molecule has 0 saturated carbocycles. The zero-order chi connectivity index (χ0) is 8.81. The molecule has 0 radical (unpaired) electrons. The van der Waals surface area contributed by atoms with Crippen molar-refractivity contribution in [2.75, 3.05) is 0 Å². The van der Waals surface area contributed by atoms with Gasteiger partial charge in [-0.05, 0) is 18.6 Å². The quantitative estimate of drug-likeness (QED) is 0.524. The van der Waals surface area contributed by atoms with Gasteiger partial charge in [-0.3, -0.25) is 10.0 Å². The lowest BCUT2D eigenvalue weighted by atomic mass is 10.2. The summed E-state index contributed by atoms with van der Waals surface area (Å²) in [7, 11) is 0. The van der Waals surface area contributed by atoms with Crippen LogP contribution in [0.15, 0.2) is 22.8 Å². The number of hydroxylamine groups is 1. The average molecular weight is 169 g/mol. The summed E-state index contributed by atoms with van der Waals surface area (Å²) in [5.41, 5.74) is 1.58. The molecule has 0 saturated heterocycles. The largest absolute Gasteiger partial charge is 0.469 e. The molecule has 0 aliphatic heterocycles. The molecule has 2 N–H and O–H groups in total. The molecular weight excluding hydrogens is 158 g/mol. The second-order valence-electron chi connectivity index (χ2n) is 2.47. The molecule has 0 spiro atoms. The Labute approximate surface area is 70.1 Å². The van der Waals surface area contributed by atoms with Crippen molar-refractivity contribution in [2.24, 2.45) is 0 Å². The molecule has 0 unspecified atom stereocenters. The number of amides is 1. The van der Waals surface area contributed by atoms with Gasteiger partial charge in [0.25, 0.3) is 0 Å². The summed E-state index contributed by atoms with van der Waals surface area (Å²) >= 11 is 0. The van der Waals surface area contributed by atoms with E-state index in [4.69, 9.17) is 9.62 Å². The number of carbonyl (C=O) groups is 1. The van der Waals surface area contributed by atoms with Gasteiger partial charge < -0.3 is 4.42 Å². The predicted molar refractivity (Wildman–Crippen MR) is 41.6 cm³/mol.